The van der Waals surface area contributed by atoms with E-state index in [4.69, 9.17) is 21.6 Å². The Hall–Kier alpha value is -2.12. The van der Waals surface area contributed by atoms with Crippen LogP contribution in [0.5, 0.6) is 5.75 Å². The molecule has 0 radical (unpaired) electrons. The average molecular weight is 280 g/mol. The highest BCUT2D eigenvalue weighted by Crippen LogP contribution is 2.22. The van der Waals surface area contributed by atoms with Crippen LogP contribution in [0.25, 0.3) is 0 Å². The monoisotopic (exact) mass is 279 g/mol. The van der Waals surface area contributed by atoms with Crippen molar-refractivity contribution in [3.05, 3.63) is 64.2 Å². The number of nitriles is 1. The second-order valence-electron chi connectivity index (χ2n) is 3.78. The number of hydrogen-bond acceptors (Lipinski definition) is 2. The molecule has 19 heavy (non-hydrogen) atoms. The quantitative estimate of drug-likeness (QED) is 0.848. The van der Waals surface area contributed by atoms with Gasteiger partial charge in [0.15, 0.2) is 11.6 Å². The predicted molar refractivity (Wildman–Crippen MR) is 66.9 cm³/mol. The molecule has 0 aromatic heterocycles. The summed E-state index contributed by atoms with van der Waals surface area (Å²) in [7, 11) is 0. The molecule has 2 aromatic carbocycles. The Balaban J connectivity index is 2.15. The maximum absolute atomic E-state index is 13.5. The minimum Gasteiger partial charge on any atom is -0.486 e. The molecule has 2 rings (SSSR count). The first-order chi connectivity index (χ1) is 9.10. The van der Waals surface area contributed by atoms with Crippen LogP contribution in [0.15, 0.2) is 36.4 Å². The zero-order valence-electron chi connectivity index (χ0n) is 9.66. The molecule has 0 aliphatic heterocycles. The molecule has 0 bridgehead atoms. The first-order valence-electron chi connectivity index (χ1n) is 5.36. The van der Waals surface area contributed by atoms with Gasteiger partial charge in [-0.2, -0.15) is 5.26 Å². The van der Waals surface area contributed by atoms with E-state index < -0.39 is 11.6 Å². The van der Waals surface area contributed by atoms with E-state index in [0.29, 0.717) is 10.6 Å². The number of benzene rings is 2. The molecule has 0 unspecified atom stereocenters. The van der Waals surface area contributed by atoms with Gasteiger partial charge in [0, 0.05) is 10.6 Å². The van der Waals surface area contributed by atoms with E-state index >= 15 is 0 Å². The van der Waals surface area contributed by atoms with Gasteiger partial charge in [0.2, 0.25) is 0 Å². The smallest absolute Gasteiger partial charge is 0.166 e. The highest BCUT2D eigenvalue weighted by atomic mass is 35.5. The molecule has 96 valence electrons. The predicted octanol–water partition coefficient (Wildman–Crippen LogP) is 4.07. The molecule has 0 saturated heterocycles. The molecule has 0 atom stereocenters. The Labute approximate surface area is 113 Å². The van der Waals surface area contributed by atoms with E-state index in [1.807, 2.05) is 6.07 Å². The number of ether oxygens (including phenoxy) is 1. The first-order valence-corrected chi connectivity index (χ1v) is 5.74. The summed E-state index contributed by atoms with van der Waals surface area (Å²) in [6, 6.07) is 9.54. The molecular formula is C14H8ClF2NO. The number of halogens is 3. The summed E-state index contributed by atoms with van der Waals surface area (Å²) in [5.41, 5.74) is 0.624. The van der Waals surface area contributed by atoms with E-state index in [0.717, 1.165) is 6.07 Å². The van der Waals surface area contributed by atoms with Gasteiger partial charge in [-0.15, -0.1) is 0 Å². The minimum absolute atomic E-state index is 0.0145. The molecule has 2 nitrogen and oxygen atoms in total. The van der Waals surface area contributed by atoms with Crippen molar-refractivity contribution in [3.63, 3.8) is 0 Å². The normalized spacial score (nSPS) is 10.0. The minimum atomic E-state index is -0.647. The summed E-state index contributed by atoms with van der Waals surface area (Å²) < 4.78 is 31.8. The molecule has 0 aliphatic carbocycles. The van der Waals surface area contributed by atoms with Crippen LogP contribution in [-0.4, -0.2) is 0 Å². The Bertz CT molecular complexity index is 652. The van der Waals surface area contributed by atoms with Crippen molar-refractivity contribution < 1.29 is 13.5 Å². The van der Waals surface area contributed by atoms with Gasteiger partial charge >= 0.3 is 0 Å². The topological polar surface area (TPSA) is 33.0 Å². The Kier molecular flexibility index (Phi) is 3.98. The molecule has 0 spiro atoms. The third-order valence-corrected chi connectivity index (χ3v) is 2.82. The lowest BCUT2D eigenvalue weighted by Gasteiger charge is -2.08. The van der Waals surface area contributed by atoms with Crippen molar-refractivity contribution in [2.45, 2.75) is 6.61 Å². The zero-order chi connectivity index (χ0) is 13.8. The summed E-state index contributed by atoms with van der Waals surface area (Å²) in [6.45, 7) is -0.0561. The lowest BCUT2D eigenvalue weighted by Crippen LogP contribution is -1.99. The van der Waals surface area contributed by atoms with Crippen molar-refractivity contribution in [1.29, 1.82) is 5.26 Å². The number of hydrogen-bond donors (Lipinski definition) is 0. The van der Waals surface area contributed by atoms with Crippen LogP contribution >= 0.6 is 11.6 Å². The summed E-state index contributed by atoms with van der Waals surface area (Å²) >= 11 is 5.87. The highest BCUT2D eigenvalue weighted by Gasteiger charge is 2.07. The largest absolute Gasteiger partial charge is 0.486 e. The summed E-state index contributed by atoms with van der Waals surface area (Å²) in [4.78, 5) is 0. The van der Waals surface area contributed by atoms with Crippen molar-refractivity contribution in [2.75, 3.05) is 0 Å². The van der Waals surface area contributed by atoms with E-state index in [1.54, 1.807) is 0 Å². The van der Waals surface area contributed by atoms with Crippen molar-refractivity contribution >= 4 is 11.6 Å². The first kappa shape index (κ1) is 13.3. The van der Waals surface area contributed by atoms with Gasteiger partial charge in [0.05, 0.1) is 11.6 Å². The molecule has 0 amide bonds. The van der Waals surface area contributed by atoms with Gasteiger partial charge in [-0.25, -0.2) is 8.78 Å². The fourth-order valence-corrected chi connectivity index (χ4v) is 1.67. The average Bonchev–Trinajstić information content (AvgIpc) is 2.40. The molecule has 0 heterocycles. The Morgan fingerprint density at radius 1 is 1.16 bits per heavy atom. The van der Waals surface area contributed by atoms with Crippen molar-refractivity contribution in [3.8, 4) is 11.8 Å². The van der Waals surface area contributed by atoms with Gasteiger partial charge in [0.25, 0.3) is 0 Å². The number of rotatable bonds is 3. The van der Waals surface area contributed by atoms with E-state index in [9.17, 15) is 8.78 Å². The SMILES string of the molecule is N#Cc1ccc(OCc2cc(F)ccc2Cl)c(F)c1. The molecular weight excluding hydrogens is 272 g/mol. The fraction of sp³-hybridized carbons (Fsp3) is 0.0714. The third kappa shape index (κ3) is 3.21. The van der Waals surface area contributed by atoms with Crippen molar-refractivity contribution in [2.24, 2.45) is 0 Å². The summed E-state index contributed by atoms with van der Waals surface area (Å²) in [6.07, 6.45) is 0. The molecule has 0 saturated carbocycles. The second kappa shape index (κ2) is 5.68. The van der Waals surface area contributed by atoms with Gasteiger partial charge < -0.3 is 4.74 Å². The standard InChI is InChI=1S/C14H8ClF2NO/c15-12-3-2-11(16)6-10(12)8-19-14-4-1-9(7-18)5-13(14)17/h1-6H,8H2. The van der Waals surface area contributed by atoms with Crippen LogP contribution < -0.4 is 4.74 Å². The molecule has 0 fully saturated rings. The van der Waals surface area contributed by atoms with Crippen molar-refractivity contribution in [1.82, 2.24) is 0 Å². The molecule has 0 aliphatic rings. The van der Waals surface area contributed by atoms with E-state index in [1.165, 1.54) is 30.3 Å². The molecule has 5 heteroatoms. The van der Waals surface area contributed by atoms with E-state index in [-0.39, 0.29) is 17.9 Å². The highest BCUT2D eigenvalue weighted by molar-refractivity contribution is 6.31. The van der Waals surface area contributed by atoms with Gasteiger partial charge in [-0.05, 0) is 36.4 Å². The summed E-state index contributed by atoms with van der Waals surface area (Å²) in [5.74, 6) is -1.10. The van der Waals surface area contributed by atoms with Crippen LogP contribution in [-0.2, 0) is 6.61 Å². The van der Waals surface area contributed by atoms with Gasteiger partial charge in [0.1, 0.15) is 12.4 Å². The van der Waals surface area contributed by atoms with Gasteiger partial charge in [-0.3, -0.25) is 0 Å². The van der Waals surface area contributed by atoms with Crippen LogP contribution in [0, 0.1) is 23.0 Å². The Morgan fingerprint density at radius 3 is 2.63 bits per heavy atom. The Morgan fingerprint density at radius 2 is 1.95 bits per heavy atom. The van der Waals surface area contributed by atoms with Crippen LogP contribution in [0.1, 0.15) is 11.1 Å². The lowest BCUT2D eigenvalue weighted by molar-refractivity contribution is 0.290. The van der Waals surface area contributed by atoms with Crippen LogP contribution in [0.4, 0.5) is 8.78 Å². The maximum atomic E-state index is 13.5. The maximum Gasteiger partial charge on any atom is 0.166 e. The van der Waals surface area contributed by atoms with E-state index in [2.05, 4.69) is 0 Å². The lowest BCUT2D eigenvalue weighted by atomic mass is 10.2. The van der Waals surface area contributed by atoms with Gasteiger partial charge in [-0.1, -0.05) is 11.6 Å². The summed E-state index contributed by atoms with van der Waals surface area (Å²) in [5, 5.41) is 8.95. The fourth-order valence-electron chi connectivity index (χ4n) is 1.50. The number of nitrogens with zero attached hydrogens (tertiary/aromatic N) is 1. The molecule has 0 N–H and O–H groups in total. The zero-order valence-corrected chi connectivity index (χ0v) is 10.4. The van der Waals surface area contributed by atoms with Crippen LogP contribution in [0.2, 0.25) is 5.02 Å². The van der Waals surface area contributed by atoms with Crippen LogP contribution in [0.3, 0.4) is 0 Å². The third-order valence-electron chi connectivity index (χ3n) is 2.45. The molecule has 2 aromatic rings. The second-order valence-corrected chi connectivity index (χ2v) is 4.19.